The Kier molecular flexibility index (Phi) is 3.62. The third-order valence-corrected chi connectivity index (χ3v) is 4.62. The molecule has 1 nitrogen and oxygen atoms in total. The van der Waals surface area contributed by atoms with Gasteiger partial charge in [0.1, 0.15) is 0 Å². The molecule has 0 saturated carbocycles. The molecule has 0 radical (unpaired) electrons. The molecule has 104 valence electrons. The summed E-state index contributed by atoms with van der Waals surface area (Å²) < 4.78 is 0. The van der Waals surface area contributed by atoms with E-state index in [9.17, 15) is 0 Å². The van der Waals surface area contributed by atoms with Gasteiger partial charge in [0, 0.05) is 18.5 Å². The molecule has 0 unspecified atom stereocenters. The molecule has 1 aliphatic heterocycles. The van der Waals surface area contributed by atoms with Crippen LogP contribution < -0.4 is 5.32 Å². The highest BCUT2D eigenvalue weighted by Gasteiger charge is 2.37. The Hall–Kier alpha value is -1.60. The second-order valence-electron chi connectivity index (χ2n) is 6.31. The van der Waals surface area contributed by atoms with Crippen molar-refractivity contribution in [2.75, 3.05) is 13.1 Å². The fourth-order valence-corrected chi connectivity index (χ4v) is 3.32. The molecule has 1 heterocycles. The summed E-state index contributed by atoms with van der Waals surface area (Å²) in [5.41, 5.74) is 6.27. The lowest BCUT2D eigenvalue weighted by molar-refractivity contribution is 0.166. The molecular formula is C19H23N. The molecule has 1 saturated heterocycles. The van der Waals surface area contributed by atoms with Gasteiger partial charge >= 0.3 is 0 Å². The van der Waals surface area contributed by atoms with Crippen molar-refractivity contribution in [3.05, 3.63) is 70.8 Å². The topological polar surface area (TPSA) is 12.0 Å². The molecule has 0 bridgehead atoms. The second-order valence-corrected chi connectivity index (χ2v) is 6.31. The van der Waals surface area contributed by atoms with Crippen LogP contribution >= 0.6 is 0 Å². The van der Waals surface area contributed by atoms with Gasteiger partial charge in [0.05, 0.1) is 0 Å². The maximum Gasteiger partial charge on any atom is 0.00333 e. The summed E-state index contributed by atoms with van der Waals surface area (Å²) in [6.07, 6.45) is 2.36. The molecule has 20 heavy (non-hydrogen) atoms. The molecule has 0 aromatic heterocycles. The van der Waals surface area contributed by atoms with E-state index in [0.717, 1.165) is 13.1 Å². The van der Waals surface area contributed by atoms with Gasteiger partial charge in [-0.05, 0) is 48.9 Å². The van der Waals surface area contributed by atoms with Gasteiger partial charge in [-0.15, -0.1) is 0 Å². The van der Waals surface area contributed by atoms with Crippen molar-refractivity contribution in [2.45, 2.75) is 26.7 Å². The van der Waals surface area contributed by atoms with Crippen molar-refractivity contribution in [1.29, 1.82) is 0 Å². The highest BCUT2D eigenvalue weighted by Crippen LogP contribution is 2.33. The van der Waals surface area contributed by atoms with E-state index in [4.69, 9.17) is 0 Å². The first kappa shape index (κ1) is 13.4. The molecular weight excluding hydrogens is 242 g/mol. The number of hydrogen-bond donors (Lipinski definition) is 1. The monoisotopic (exact) mass is 265 g/mol. The molecule has 0 aliphatic carbocycles. The zero-order valence-corrected chi connectivity index (χ0v) is 12.4. The zero-order chi connectivity index (χ0) is 14.0. The Morgan fingerprint density at radius 3 is 2.05 bits per heavy atom. The van der Waals surface area contributed by atoms with E-state index in [-0.39, 0.29) is 0 Å². The first-order chi connectivity index (χ1) is 9.69. The standard InChI is InChI=1S/C19H23N/c1-15-7-6-8-16(2)18(15)12-19(13-20-14-19)11-17-9-4-3-5-10-17/h3-10,20H,11-14H2,1-2H3. The van der Waals surface area contributed by atoms with Crippen molar-refractivity contribution in [2.24, 2.45) is 5.41 Å². The minimum Gasteiger partial charge on any atom is -0.315 e. The van der Waals surface area contributed by atoms with Crippen molar-refractivity contribution < 1.29 is 0 Å². The fourth-order valence-electron chi connectivity index (χ4n) is 3.32. The van der Waals surface area contributed by atoms with E-state index in [1.165, 1.54) is 29.5 Å². The van der Waals surface area contributed by atoms with Gasteiger partial charge in [-0.1, -0.05) is 48.5 Å². The summed E-state index contributed by atoms with van der Waals surface area (Å²) in [5.74, 6) is 0. The average molecular weight is 265 g/mol. The molecule has 1 heteroatoms. The summed E-state index contributed by atoms with van der Waals surface area (Å²) in [4.78, 5) is 0. The largest absolute Gasteiger partial charge is 0.315 e. The van der Waals surface area contributed by atoms with Crippen molar-refractivity contribution in [3.63, 3.8) is 0 Å². The highest BCUT2D eigenvalue weighted by atomic mass is 15.0. The van der Waals surface area contributed by atoms with Crippen LogP contribution in [0.5, 0.6) is 0 Å². The van der Waals surface area contributed by atoms with Crippen LogP contribution in [0.2, 0.25) is 0 Å². The lowest BCUT2D eigenvalue weighted by atomic mass is 9.71. The van der Waals surface area contributed by atoms with E-state index in [2.05, 4.69) is 67.7 Å². The lowest BCUT2D eigenvalue weighted by Crippen LogP contribution is -2.56. The smallest absolute Gasteiger partial charge is 0.00333 e. The predicted octanol–water partition coefficient (Wildman–Crippen LogP) is 3.68. The quantitative estimate of drug-likeness (QED) is 0.889. The van der Waals surface area contributed by atoms with Crippen LogP contribution in [0.4, 0.5) is 0 Å². The summed E-state index contributed by atoms with van der Waals surface area (Å²) in [6.45, 7) is 6.75. The highest BCUT2D eigenvalue weighted by molar-refractivity contribution is 5.35. The lowest BCUT2D eigenvalue weighted by Gasteiger charge is -2.44. The van der Waals surface area contributed by atoms with Gasteiger partial charge in [-0.2, -0.15) is 0 Å². The van der Waals surface area contributed by atoms with Crippen LogP contribution in [-0.2, 0) is 12.8 Å². The molecule has 0 spiro atoms. The number of aryl methyl sites for hydroxylation is 2. The molecule has 0 atom stereocenters. The van der Waals surface area contributed by atoms with Gasteiger partial charge in [0.15, 0.2) is 0 Å². The summed E-state index contributed by atoms with van der Waals surface area (Å²) in [7, 11) is 0. The molecule has 2 aromatic carbocycles. The number of hydrogen-bond acceptors (Lipinski definition) is 1. The Balaban J connectivity index is 1.83. The minimum atomic E-state index is 0.401. The Bertz CT molecular complexity index is 562. The zero-order valence-electron chi connectivity index (χ0n) is 12.4. The maximum atomic E-state index is 3.48. The molecule has 2 aromatic rings. The van der Waals surface area contributed by atoms with E-state index >= 15 is 0 Å². The molecule has 1 N–H and O–H groups in total. The van der Waals surface area contributed by atoms with Crippen LogP contribution in [0.3, 0.4) is 0 Å². The van der Waals surface area contributed by atoms with Crippen LogP contribution in [0.1, 0.15) is 22.3 Å². The van der Waals surface area contributed by atoms with E-state index < -0.39 is 0 Å². The fraction of sp³-hybridized carbons (Fsp3) is 0.368. The van der Waals surface area contributed by atoms with Crippen molar-refractivity contribution >= 4 is 0 Å². The number of rotatable bonds is 4. The summed E-state index contributed by atoms with van der Waals surface area (Å²) in [5, 5.41) is 3.48. The van der Waals surface area contributed by atoms with E-state index in [1.54, 1.807) is 5.56 Å². The van der Waals surface area contributed by atoms with Crippen LogP contribution in [-0.4, -0.2) is 13.1 Å². The third kappa shape index (κ3) is 2.64. The Labute approximate surface area is 122 Å². The third-order valence-electron chi connectivity index (χ3n) is 4.62. The first-order valence-corrected chi connectivity index (χ1v) is 7.48. The molecule has 1 fully saturated rings. The van der Waals surface area contributed by atoms with E-state index in [1.807, 2.05) is 0 Å². The molecule has 0 amide bonds. The number of benzene rings is 2. The molecule has 3 rings (SSSR count). The van der Waals surface area contributed by atoms with Gasteiger partial charge in [0.2, 0.25) is 0 Å². The summed E-state index contributed by atoms with van der Waals surface area (Å²) >= 11 is 0. The second kappa shape index (κ2) is 5.41. The first-order valence-electron chi connectivity index (χ1n) is 7.48. The van der Waals surface area contributed by atoms with Crippen molar-refractivity contribution in [1.82, 2.24) is 5.32 Å². The van der Waals surface area contributed by atoms with Crippen LogP contribution in [0.25, 0.3) is 0 Å². The van der Waals surface area contributed by atoms with Crippen molar-refractivity contribution in [3.8, 4) is 0 Å². The van der Waals surface area contributed by atoms with E-state index in [0.29, 0.717) is 5.41 Å². The predicted molar refractivity (Wildman–Crippen MR) is 85.1 cm³/mol. The maximum absolute atomic E-state index is 3.48. The van der Waals surface area contributed by atoms with Crippen LogP contribution in [0, 0.1) is 19.3 Å². The normalized spacial score (nSPS) is 16.7. The Morgan fingerprint density at radius 2 is 1.50 bits per heavy atom. The minimum absolute atomic E-state index is 0.401. The average Bonchev–Trinajstić information content (AvgIpc) is 2.41. The van der Waals surface area contributed by atoms with Gasteiger partial charge in [0.25, 0.3) is 0 Å². The molecule has 1 aliphatic rings. The SMILES string of the molecule is Cc1cccc(C)c1CC1(Cc2ccccc2)CNC1. The Morgan fingerprint density at radius 1 is 0.850 bits per heavy atom. The summed E-state index contributed by atoms with van der Waals surface area (Å²) in [6, 6.07) is 17.5. The van der Waals surface area contributed by atoms with Gasteiger partial charge in [-0.25, -0.2) is 0 Å². The van der Waals surface area contributed by atoms with Gasteiger partial charge in [-0.3, -0.25) is 0 Å². The van der Waals surface area contributed by atoms with Crippen LogP contribution in [0.15, 0.2) is 48.5 Å². The number of nitrogens with one attached hydrogen (secondary N) is 1. The van der Waals surface area contributed by atoms with Gasteiger partial charge < -0.3 is 5.32 Å².